The van der Waals surface area contributed by atoms with Crippen molar-refractivity contribution < 1.29 is 4.74 Å². The topological polar surface area (TPSA) is 24.5 Å². The zero-order valence-corrected chi connectivity index (χ0v) is 14.8. The molecule has 3 nitrogen and oxygen atoms in total. The number of thiocarbonyl (C=S) groups is 1. The van der Waals surface area contributed by atoms with E-state index in [0.717, 1.165) is 15.3 Å². The van der Waals surface area contributed by atoms with Crippen LogP contribution in [-0.4, -0.2) is 21.8 Å². The number of nitrogens with one attached hydrogen (secondary N) is 1. The Labute approximate surface area is 139 Å². The number of hydrogen-bond acceptors (Lipinski definition) is 2. The fourth-order valence-corrected chi connectivity index (χ4v) is 4.79. The normalized spacial score (nSPS) is 34.1. The van der Waals surface area contributed by atoms with Gasteiger partial charge in [-0.25, -0.2) is 0 Å². The average molecular weight is 367 g/mol. The molecule has 2 fully saturated rings. The highest BCUT2D eigenvalue weighted by Crippen LogP contribution is 2.52. The minimum Gasteiger partial charge on any atom is -0.467 e. The summed E-state index contributed by atoms with van der Waals surface area (Å²) in [6.45, 7) is 6.56. The maximum atomic E-state index is 6.55. The Balaban J connectivity index is 1.88. The van der Waals surface area contributed by atoms with E-state index in [-0.39, 0.29) is 11.8 Å². The molecule has 2 aliphatic heterocycles. The van der Waals surface area contributed by atoms with E-state index in [2.05, 4.69) is 59.1 Å². The Morgan fingerprint density at radius 3 is 2.81 bits per heavy atom. The Kier molecular flexibility index (Phi) is 2.87. The lowest BCUT2D eigenvalue weighted by molar-refractivity contribution is -0.114. The second-order valence-corrected chi connectivity index (χ2v) is 7.92. The van der Waals surface area contributed by atoms with Gasteiger partial charge in [0.05, 0.1) is 6.04 Å². The van der Waals surface area contributed by atoms with E-state index in [0.29, 0.717) is 12.0 Å². The van der Waals surface area contributed by atoms with Crippen molar-refractivity contribution in [1.82, 2.24) is 10.2 Å². The maximum Gasteiger partial charge on any atom is 0.187 e. The standard InChI is InChI=1S/C16H19BrN2OS/c1-8-6-10(17)7-12-13-9(2)16(3,20-14(8)12)19(11-4-5-11)15(21)18-13/h6-7,9,11,13H,4-5H2,1-3H3,(H,18,21). The van der Waals surface area contributed by atoms with Gasteiger partial charge in [0.15, 0.2) is 10.8 Å². The summed E-state index contributed by atoms with van der Waals surface area (Å²) >= 11 is 9.24. The number of rotatable bonds is 1. The van der Waals surface area contributed by atoms with E-state index in [9.17, 15) is 0 Å². The highest BCUT2D eigenvalue weighted by atomic mass is 79.9. The summed E-state index contributed by atoms with van der Waals surface area (Å²) in [6, 6.07) is 5.03. The molecular weight excluding hydrogens is 348 g/mol. The van der Waals surface area contributed by atoms with Crippen LogP contribution < -0.4 is 10.1 Å². The molecule has 1 saturated carbocycles. The van der Waals surface area contributed by atoms with Crippen LogP contribution in [0.2, 0.25) is 0 Å². The first-order valence-electron chi connectivity index (χ1n) is 7.50. The van der Waals surface area contributed by atoms with Gasteiger partial charge in [-0.2, -0.15) is 0 Å². The second kappa shape index (κ2) is 4.35. The zero-order chi connectivity index (χ0) is 14.9. The first-order valence-corrected chi connectivity index (χ1v) is 8.71. The molecule has 4 rings (SSSR count). The quantitative estimate of drug-likeness (QED) is 0.761. The minimum atomic E-state index is -0.347. The van der Waals surface area contributed by atoms with Crippen molar-refractivity contribution in [2.75, 3.05) is 0 Å². The third-order valence-corrected chi connectivity index (χ3v) is 5.92. The first-order chi connectivity index (χ1) is 9.91. The van der Waals surface area contributed by atoms with Gasteiger partial charge in [0.2, 0.25) is 0 Å². The van der Waals surface area contributed by atoms with Gasteiger partial charge in [-0.15, -0.1) is 0 Å². The minimum absolute atomic E-state index is 0.220. The monoisotopic (exact) mass is 366 g/mol. The van der Waals surface area contributed by atoms with Gasteiger partial charge in [0.1, 0.15) is 5.75 Å². The van der Waals surface area contributed by atoms with Gasteiger partial charge in [0, 0.05) is 22.0 Å². The number of aryl methyl sites for hydroxylation is 1. The van der Waals surface area contributed by atoms with Crippen molar-refractivity contribution >= 4 is 33.3 Å². The molecule has 2 heterocycles. The van der Waals surface area contributed by atoms with Crippen molar-refractivity contribution in [3.8, 4) is 5.75 Å². The van der Waals surface area contributed by atoms with Crippen molar-refractivity contribution in [3.63, 3.8) is 0 Å². The van der Waals surface area contributed by atoms with E-state index >= 15 is 0 Å². The summed E-state index contributed by atoms with van der Waals surface area (Å²) in [4.78, 5) is 2.30. The number of hydrogen-bond donors (Lipinski definition) is 1. The number of benzene rings is 1. The molecule has 3 unspecified atom stereocenters. The third kappa shape index (κ3) is 1.86. The van der Waals surface area contributed by atoms with Gasteiger partial charge < -0.3 is 15.0 Å². The van der Waals surface area contributed by atoms with Gasteiger partial charge >= 0.3 is 0 Å². The molecule has 112 valence electrons. The van der Waals surface area contributed by atoms with Crippen LogP contribution in [0.5, 0.6) is 5.75 Å². The molecule has 2 bridgehead atoms. The van der Waals surface area contributed by atoms with Crippen molar-refractivity contribution in [2.24, 2.45) is 5.92 Å². The molecule has 5 heteroatoms. The molecule has 1 aromatic carbocycles. The Morgan fingerprint density at radius 2 is 2.14 bits per heavy atom. The molecule has 0 amide bonds. The molecular formula is C16H19BrN2OS. The summed E-state index contributed by atoms with van der Waals surface area (Å²) in [6.07, 6.45) is 2.43. The lowest BCUT2D eigenvalue weighted by Crippen LogP contribution is -2.69. The molecule has 1 saturated heterocycles. The number of halogens is 1. The van der Waals surface area contributed by atoms with Crippen molar-refractivity contribution in [2.45, 2.75) is 51.4 Å². The number of nitrogens with zero attached hydrogens (tertiary/aromatic N) is 1. The second-order valence-electron chi connectivity index (χ2n) is 6.61. The van der Waals surface area contributed by atoms with Crippen LogP contribution in [-0.2, 0) is 0 Å². The molecule has 3 aliphatic rings. The zero-order valence-electron chi connectivity index (χ0n) is 12.4. The fourth-order valence-electron chi connectivity index (χ4n) is 3.74. The van der Waals surface area contributed by atoms with Crippen LogP contribution in [0.3, 0.4) is 0 Å². The molecule has 0 spiro atoms. The van der Waals surface area contributed by atoms with E-state index in [1.807, 2.05) is 0 Å². The highest BCUT2D eigenvalue weighted by Gasteiger charge is 2.56. The van der Waals surface area contributed by atoms with Crippen LogP contribution in [0.1, 0.15) is 43.9 Å². The fraction of sp³-hybridized carbons (Fsp3) is 0.562. The van der Waals surface area contributed by atoms with Crippen molar-refractivity contribution in [3.05, 3.63) is 27.7 Å². The highest BCUT2D eigenvalue weighted by molar-refractivity contribution is 9.10. The largest absolute Gasteiger partial charge is 0.467 e. The van der Waals surface area contributed by atoms with Crippen molar-refractivity contribution in [1.29, 1.82) is 0 Å². The van der Waals surface area contributed by atoms with E-state index < -0.39 is 0 Å². The van der Waals surface area contributed by atoms with Crippen LogP contribution in [0, 0.1) is 12.8 Å². The summed E-state index contributed by atoms with van der Waals surface area (Å²) < 4.78 is 7.64. The van der Waals surface area contributed by atoms with Crippen LogP contribution in [0.25, 0.3) is 0 Å². The molecule has 0 aromatic heterocycles. The predicted molar refractivity (Wildman–Crippen MR) is 90.4 cm³/mol. The average Bonchev–Trinajstić information content (AvgIpc) is 3.20. The lowest BCUT2D eigenvalue weighted by Gasteiger charge is -2.56. The Bertz CT molecular complexity index is 645. The van der Waals surface area contributed by atoms with Gasteiger partial charge in [-0.05, 0) is 56.6 Å². The van der Waals surface area contributed by atoms with Gasteiger partial charge in [-0.1, -0.05) is 22.9 Å². The Hall–Kier alpha value is -0.810. The summed E-state index contributed by atoms with van der Waals surface area (Å²) in [5.74, 6) is 1.36. The van der Waals surface area contributed by atoms with E-state index in [1.54, 1.807) is 0 Å². The summed E-state index contributed by atoms with van der Waals surface area (Å²) in [5.41, 5.74) is 2.04. The first kappa shape index (κ1) is 13.8. The Morgan fingerprint density at radius 1 is 1.43 bits per heavy atom. The number of ether oxygens (including phenoxy) is 1. The SMILES string of the molecule is Cc1cc(Br)cc2c1OC1(C)C(C)C2NC(=S)N1C1CC1. The smallest absolute Gasteiger partial charge is 0.187 e. The van der Waals surface area contributed by atoms with Crippen LogP contribution in [0.15, 0.2) is 16.6 Å². The molecule has 0 radical (unpaired) electrons. The van der Waals surface area contributed by atoms with Crippen LogP contribution >= 0.6 is 28.1 Å². The third-order valence-electron chi connectivity index (χ3n) is 5.14. The van der Waals surface area contributed by atoms with Gasteiger partial charge in [0.25, 0.3) is 0 Å². The van der Waals surface area contributed by atoms with E-state index in [1.165, 1.54) is 24.0 Å². The summed E-state index contributed by atoms with van der Waals surface area (Å²) in [5, 5.41) is 4.40. The molecule has 1 N–H and O–H groups in total. The molecule has 21 heavy (non-hydrogen) atoms. The molecule has 1 aromatic rings. The number of fused-ring (bicyclic) bond motifs is 4. The predicted octanol–water partition coefficient (Wildman–Crippen LogP) is 3.90. The lowest BCUT2D eigenvalue weighted by atomic mass is 9.80. The van der Waals surface area contributed by atoms with E-state index in [4.69, 9.17) is 17.0 Å². The van der Waals surface area contributed by atoms with Crippen LogP contribution in [0.4, 0.5) is 0 Å². The molecule has 1 aliphatic carbocycles. The maximum absolute atomic E-state index is 6.55. The summed E-state index contributed by atoms with van der Waals surface area (Å²) in [7, 11) is 0. The molecule has 3 atom stereocenters. The van der Waals surface area contributed by atoms with Gasteiger partial charge in [-0.3, -0.25) is 0 Å².